The van der Waals surface area contributed by atoms with Crippen LogP contribution in [-0.4, -0.2) is 50.5 Å². The van der Waals surface area contributed by atoms with E-state index in [2.05, 4.69) is 25.8 Å². The highest BCUT2D eigenvalue weighted by Crippen LogP contribution is 2.18. The molecular formula is C37H75NO2. The first-order valence-electron chi connectivity index (χ1n) is 18.7. The van der Waals surface area contributed by atoms with Gasteiger partial charge >= 0.3 is 0 Å². The molecule has 3 heteroatoms. The molecule has 0 aromatic rings. The molecule has 0 aliphatic carbocycles. The van der Waals surface area contributed by atoms with E-state index in [-0.39, 0.29) is 12.2 Å². The zero-order valence-electron chi connectivity index (χ0n) is 28.0. The molecule has 40 heavy (non-hydrogen) atoms. The topological polar surface area (TPSA) is 21.7 Å². The van der Waals surface area contributed by atoms with Crippen LogP contribution >= 0.6 is 0 Å². The number of hydrogen-bond donors (Lipinski definition) is 0. The molecule has 1 fully saturated rings. The lowest BCUT2D eigenvalue weighted by atomic mass is 10.0. The van der Waals surface area contributed by atoms with Gasteiger partial charge in [-0.25, -0.2) is 0 Å². The van der Waals surface area contributed by atoms with Crippen molar-refractivity contribution in [3.05, 3.63) is 0 Å². The molecule has 0 amide bonds. The fraction of sp³-hybridized carbons (Fsp3) is 1.00. The Balaban J connectivity index is 1.85. The number of likely N-dealkylation sites (N-methyl/N-ethyl adjacent to an activating group) is 1. The minimum absolute atomic E-state index is 0.276. The van der Waals surface area contributed by atoms with Crippen molar-refractivity contribution in [1.29, 1.82) is 0 Å². The van der Waals surface area contributed by atoms with Crippen molar-refractivity contribution in [2.45, 2.75) is 206 Å². The van der Waals surface area contributed by atoms with E-state index in [9.17, 15) is 0 Å². The van der Waals surface area contributed by atoms with Gasteiger partial charge in [0.15, 0.2) is 0 Å². The standard InChI is InChI=1S/C37H75NO2/c1-4-6-8-10-12-14-16-18-20-22-24-26-28-30-32-39-36-34-38(3)35-37(36)40-33-31-29-27-25-23-21-19-17-15-13-11-9-7-5-2/h36-37H,4-35H2,1-3H3/t36-,37?/m1/s1. The molecule has 0 spiro atoms. The molecule has 0 aromatic carbocycles. The molecule has 0 aromatic heterocycles. The van der Waals surface area contributed by atoms with E-state index in [0.29, 0.717) is 0 Å². The van der Waals surface area contributed by atoms with Crippen molar-refractivity contribution in [3.8, 4) is 0 Å². The second-order valence-electron chi connectivity index (χ2n) is 13.2. The molecule has 2 atom stereocenters. The predicted molar refractivity (Wildman–Crippen MR) is 178 cm³/mol. The molecule has 240 valence electrons. The summed E-state index contributed by atoms with van der Waals surface area (Å²) in [6, 6.07) is 0. The number of unbranched alkanes of at least 4 members (excludes halogenated alkanes) is 26. The maximum absolute atomic E-state index is 6.30. The van der Waals surface area contributed by atoms with Crippen LogP contribution in [0.1, 0.15) is 194 Å². The minimum atomic E-state index is 0.276. The van der Waals surface area contributed by atoms with Gasteiger partial charge in [-0.1, -0.05) is 181 Å². The average Bonchev–Trinajstić information content (AvgIpc) is 3.31. The Bertz CT molecular complexity index is 443. The van der Waals surface area contributed by atoms with Crippen LogP contribution in [0.4, 0.5) is 0 Å². The fourth-order valence-electron chi connectivity index (χ4n) is 6.31. The summed E-state index contributed by atoms with van der Waals surface area (Å²) in [6.45, 7) is 8.48. The fourth-order valence-corrected chi connectivity index (χ4v) is 6.31. The first-order valence-corrected chi connectivity index (χ1v) is 18.7. The Morgan fingerprint density at radius 3 is 0.850 bits per heavy atom. The molecule has 1 heterocycles. The van der Waals surface area contributed by atoms with Crippen LogP contribution < -0.4 is 0 Å². The van der Waals surface area contributed by atoms with Crippen LogP contribution in [0.25, 0.3) is 0 Å². The lowest BCUT2D eigenvalue weighted by Gasteiger charge is -2.20. The average molecular weight is 566 g/mol. The Labute approximate surface area is 253 Å². The van der Waals surface area contributed by atoms with Crippen molar-refractivity contribution in [2.24, 2.45) is 0 Å². The van der Waals surface area contributed by atoms with Gasteiger partial charge in [-0.3, -0.25) is 0 Å². The highest BCUT2D eigenvalue weighted by Gasteiger charge is 2.32. The molecule has 1 saturated heterocycles. The van der Waals surface area contributed by atoms with E-state index >= 15 is 0 Å². The summed E-state index contributed by atoms with van der Waals surface area (Å²) in [6.07, 6.45) is 40.0. The normalized spacial score (nSPS) is 17.8. The second-order valence-corrected chi connectivity index (χ2v) is 13.2. The van der Waals surface area contributed by atoms with Gasteiger partial charge in [-0.2, -0.15) is 0 Å². The van der Waals surface area contributed by atoms with Gasteiger partial charge < -0.3 is 14.4 Å². The highest BCUT2D eigenvalue weighted by molar-refractivity contribution is 4.84. The maximum Gasteiger partial charge on any atom is 0.0975 e. The van der Waals surface area contributed by atoms with Crippen molar-refractivity contribution in [2.75, 3.05) is 33.4 Å². The molecule has 0 saturated carbocycles. The Kier molecular flexibility index (Phi) is 28.8. The van der Waals surface area contributed by atoms with Crippen LogP contribution in [0.3, 0.4) is 0 Å². The van der Waals surface area contributed by atoms with Crippen LogP contribution in [-0.2, 0) is 9.47 Å². The number of likely N-dealkylation sites (tertiary alicyclic amines) is 1. The summed E-state index contributed by atoms with van der Waals surface area (Å²) >= 11 is 0. The smallest absolute Gasteiger partial charge is 0.0975 e. The maximum atomic E-state index is 6.30. The number of ether oxygens (including phenoxy) is 2. The number of rotatable bonds is 32. The molecule has 3 nitrogen and oxygen atoms in total. The van der Waals surface area contributed by atoms with Gasteiger partial charge in [0.05, 0.1) is 12.2 Å². The van der Waals surface area contributed by atoms with Crippen molar-refractivity contribution >= 4 is 0 Å². The molecule has 1 unspecified atom stereocenters. The van der Waals surface area contributed by atoms with E-state index in [0.717, 1.165) is 26.3 Å². The summed E-state index contributed by atoms with van der Waals surface area (Å²) in [7, 11) is 2.21. The quantitative estimate of drug-likeness (QED) is 0.0757. The Morgan fingerprint density at radius 1 is 0.375 bits per heavy atom. The van der Waals surface area contributed by atoms with Crippen LogP contribution in [0, 0.1) is 0 Å². The zero-order valence-corrected chi connectivity index (χ0v) is 28.0. The molecule has 1 aliphatic rings. The van der Waals surface area contributed by atoms with E-state index in [4.69, 9.17) is 9.47 Å². The zero-order chi connectivity index (χ0) is 28.8. The van der Waals surface area contributed by atoms with Crippen LogP contribution in [0.5, 0.6) is 0 Å². The monoisotopic (exact) mass is 566 g/mol. The van der Waals surface area contributed by atoms with Gasteiger partial charge in [0.25, 0.3) is 0 Å². The minimum Gasteiger partial charge on any atom is -0.374 e. The van der Waals surface area contributed by atoms with Gasteiger partial charge in [0.2, 0.25) is 0 Å². The molecule has 0 bridgehead atoms. The van der Waals surface area contributed by atoms with Crippen molar-refractivity contribution in [1.82, 2.24) is 4.90 Å². The third-order valence-electron chi connectivity index (χ3n) is 9.06. The van der Waals surface area contributed by atoms with E-state index < -0.39 is 0 Å². The molecule has 1 rings (SSSR count). The summed E-state index contributed by atoms with van der Waals surface area (Å²) in [5.74, 6) is 0. The molecular weight excluding hydrogens is 490 g/mol. The van der Waals surface area contributed by atoms with Gasteiger partial charge in [0, 0.05) is 26.3 Å². The summed E-state index contributed by atoms with van der Waals surface area (Å²) in [5, 5.41) is 0. The predicted octanol–water partition coefficient (Wildman–Crippen LogP) is 11.7. The van der Waals surface area contributed by atoms with Gasteiger partial charge in [0.1, 0.15) is 0 Å². The first-order chi connectivity index (χ1) is 19.8. The third kappa shape index (κ3) is 24.5. The molecule has 1 aliphatic heterocycles. The summed E-state index contributed by atoms with van der Waals surface area (Å²) < 4.78 is 12.6. The Morgan fingerprint density at radius 2 is 0.600 bits per heavy atom. The number of nitrogens with zero attached hydrogens (tertiary/aromatic N) is 1. The van der Waals surface area contributed by atoms with Crippen molar-refractivity contribution in [3.63, 3.8) is 0 Å². The first kappa shape index (κ1) is 37.9. The van der Waals surface area contributed by atoms with E-state index in [1.54, 1.807) is 0 Å². The third-order valence-corrected chi connectivity index (χ3v) is 9.06. The largest absolute Gasteiger partial charge is 0.374 e. The highest BCUT2D eigenvalue weighted by atomic mass is 16.5. The molecule has 0 N–H and O–H groups in total. The number of hydrogen-bond acceptors (Lipinski definition) is 3. The Hall–Kier alpha value is -0.120. The van der Waals surface area contributed by atoms with Crippen LogP contribution in [0.15, 0.2) is 0 Å². The summed E-state index contributed by atoms with van der Waals surface area (Å²) in [4.78, 5) is 2.38. The van der Waals surface area contributed by atoms with Gasteiger partial charge in [-0.05, 0) is 19.9 Å². The van der Waals surface area contributed by atoms with Gasteiger partial charge in [-0.15, -0.1) is 0 Å². The lowest BCUT2D eigenvalue weighted by Crippen LogP contribution is -2.30. The van der Waals surface area contributed by atoms with E-state index in [1.165, 1.54) is 180 Å². The van der Waals surface area contributed by atoms with Crippen molar-refractivity contribution < 1.29 is 9.47 Å². The molecule has 0 radical (unpaired) electrons. The second kappa shape index (κ2) is 30.3. The van der Waals surface area contributed by atoms with E-state index in [1.807, 2.05) is 0 Å². The SMILES string of the molecule is CCCCCCCCCCCCCCCCOC1CN(C)C[C@H]1OCCCCCCCCCCCCCCCC. The summed E-state index contributed by atoms with van der Waals surface area (Å²) in [5.41, 5.74) is 0. The van der Waals surface area contributed by atoms with Crippen LogP contribution in [0.2, 0.25) is 0 Å². The lowest BCUT2D eigenvalue weighted by molar-refractivity contribution is -0.0481.